The summed E-state index contributed by atoms with van der Waals surface area (Å²) < 4.78 is 5.56. The van der Waals surface area contributed by atoms with Gasteiger partial charge in [-0.15, -0.1) is 0 Å². The van der Waals surface area contributed by atoms with Crippen LogP contribution in [0.2, 0.25) is 10.0 Å². The molecule has 0 aliphatic heterocycles. The van der Waals surface area contributed by atoms with Crippen LogP contribution in [0.4, 0.5) is 5.69 Å². The first kappa shape index (κ1) is 13.5. The molecule has 0 aliphatic rings. The lowest BCUT2D eigenvalue weighted by molar-refractivity contribution is 0.100. The van der Waals surface area contributed by atoms with E-state index in [2.05, 4.69) is 0 Å². The summed E-state index contributed by atoms with van der Waals surface area (Å²) in [6, 6.07) is 9.61. The van der Waals surface area contributed by atoms with Crippen LogP contribution in [0.3, 0.4) is 0 Å². The Balaban J connectivity index is 2.36. The molecule has 19 heavy (non-hydrogen) atoms. The predicted octanol–water partition coefficient (Wildman–Crippen LogP) is 3.47. The Morgan fingerprint density at radius 3 is 2.58 bits per heavy atom. The fourth-order valence-electron chi connectivity index (χ4n) is 1.50. The first-order chi connectivity index (χ1) is 8.99. The van der Waals surface area contributed by atoms with Crippen LogP contribution in [0.15, 0.2) is 36.4 Å². The minimum atomic E-state index is -0.625. The van der Waals surface area contributed by atoms with Crippen molar-refractivity contribution in [2.45, 2.75) is 0 Å². The van der Waals surface area contributed by atoms with Crippen LogP contribution in [0.25, 0.3) is 0 Å². The van der Waals surface area contributed by atoms with E-state index < -0.39 is 5.91 Å². The van der Waals surface area contributed by atoms with E-state index in [1.165, 1.54) is 12.1 Å². The van der Waals surface area contributed by atoms with Gasteiger partial charge in [-0.25, -0.2) is 0 Å². The normalized spacial score (nSPS) is 10.2. The van der Waals surface area contributed by atoms with Crippen molar-refractivity contribution in [3.63, 3.8) is 0 Å². The second-order valence-corrected chi connectivity index (χ2v) is 4.55. The van der Waals surface area contributed by atoms with Gasteiger partial charge in [0.15, 0.2) is 0 Å². The number of ether oxygens (including phenoxy) is 1. The summed E-state index contributed by atoms with van der Waals surface area (Å²) in [5, 5.41) is 0.673. The Morgan fingerprint density at radius 1 is 1.16 bits per heavy atom. The maximum atomic E-state index is 11.2. The average molecular weight is 297 g/mol. The molecule has 2 aromatic carbocycles. The third kappa shape index (κ3) is 2.92. The molecule has 0 fully saturated rings. The smallest absolute Gasteiger partial charge is 0.250 e. The maximum Gasteiger partial charge on any atom is 0.250 e. The molecule has 0 heterocycles. The van der Waals surface area contributed by atoms with Crippen molar-refractivity contribution >= 4 is 34.8 Å². The number of primary amides is 1. The summed E-state index contributed by atoms with van der Waals surface area (Å²) in [4.78, 5) is 11.2. The van der Waals surface area contributed by atoms with Crippen LogP contribution < -0.4 is 16.2 Å². The molecule has 2 aromatic rings. The van der Waals surface area contributed by atoms with Gasteiger partial charge in [-0.1, -0.05) is 29.3 Å². The molecule has 0 saturated heterocycles. The molecule has 0 bridgehead atoms. The minimum absolute atomic E-state index is 0.190. The summed E-state index contributed by atoms with van der Waals surface area (Å²) >= 11 is 11.9. The van der Waals surface area contributed by atoms with Crippen LogP contribution >= 0.6 is 23.2 Å². The summed E-state index contributed by atoms with van der Waals surface area (Å²) in [7, 11) is 0. The predicted molar refractivity (Wildman–Crippen MR) is 75.9 cm³/mol. The lowest BCUT2D eigenvalue weighted by Crippen LogP contribution is -2.13. The molecular weight excluding hydrogens is 287 g/mol. The average Bonchev–Trinajstić information content (AvgIpc) is 2.37. The molecule has 6 heteroatoms. The van der Waals surface area contributed by atoms with Crippen molar-refractivity contribution < 1.29 is 9.53 Å². The number of rotatable bonds is 3. The zero-order valence-electron chi connectivity index (χ0n) is 9.69. The minimum Gasteiger partial charge on any atom is -0.456 e. The van der Waals surface area contributed by atoms with E-state index in [4.69, 9.17) is 39.4 Å². The molecule has 0 aromatic heterocycles. The number of benzene rings is 2. The van der Waals surface area contributed by atoms with Gasteiger partial charge in [0.05, 0.1) is 10.6 Å². The standard InChI is InChI=1S/C13H10Cl2N2O2/c14-9-2-1-3-11(12(9)15)19-7-4-5-10(16)8(6-7)13(17)18/h1-6H,16H2,(H2,17,18). The van der Waals surface area contributed by atoms with Crippen molar-refractivity contribution in [3.8, 4) is 11.5 Å². The third-order valence-corrected chi connectivity index (χ3v) is 3.24. The molecule has 0 aliphatic carbocycles. The highest BCUT2D eigenvalue weighted by molar-refractivity contribution is 6.42. The molecule has 1 amide bonds. The van der Waals surface area contributed by atoms with Crippen LogP contribution in [0.5, 0.6) is 11.5 Å². The van der Waals surface area contributed by atoms with Crippen LogP contribution in [-0.4, -0.2) is 5.91 Å². The molecule has 0 spiro atoms. The van der Waals surface area contributed by atoms with E-state index in [9.17, 15) is 4.79 Å². The van der Waals surface area contributed by atoms with E-state index in [1.807, 2.05) is 0 Å². The molecular formula is C13H10Cl2N2O2. The number of nitrogen functional groups attached to an aromatic ring is 1. The van der Waals surface area contributed by atoms with Gasteiger partial charge in [-0.2, -0.15) is 0 Å². The number of nitrogens with two attached hydrogens (primary N) is 2. The quantitative estimate of drug-likeness (QED) is 0.851. The van der Waals surface area contributed by atoms with Gasteiger partial charge < -0.3 is 16.2 Å². The zero-order chi connectivity index (χ0) is 14.0. The van der Waals surface area contributed by atoms with E-state index in [0.717, 1.165) is 0 Å². The van der Waals surface area contributed by atoms with Gasteiger partial charge >= 0.3 is 0 Å². The number of carbonyl (C=O) groups is 1. The zero-order valence-corrected chi connectivity index (χ0v) is 11.2. The third-order valence-electron chi connectivity index (χ3n) is 2.43. The van der Waals surface area contributed by atoms with Gasteiger partial charge in [0, 0.05) is 5.69 Å². The second-order valence-electron chi connectivity index (χ2n) is 3.77. The fourth-order valence-corrected chi connectivity index (χ4v) is 1.83. The second kappa shape index (κ2) is 5.38. The van der Waals surface area contributed by atoms with Gasteiger partial charge in [0.25, 0.3) is 5.91 Å². The molecule has 0 radical (unpaired) electrons. The Kier molecular flexibility index (Phi) is 3.83. The summed E-state index contributed by atoms with van der Waals surface area (Å²) in [6.07, 6.45) is 0. The van der Waals surface area contributed by atoms with Crippen LogP contribution in [0, 0.1) is 0 Å². The molecule has 4 nitrogen and oxygen atoms in total. The fraction of sp³-hybridized carbons (Fsp3) is 0. The van der Waals surface area contributed by atoms with Crippen molar-refractivity contribution in [1.82, 2.24) is 0 Å². The topological polar surface area (TPSA) is 78.3 Å². The summed E-state index contributed by atoms with van der Waals surface area (Å²) in [5.74, 6) is 0.154. The molecule has 0 saturated carbocycles. The first-order valence-corrected chi connectivity index (χ1v) is 6.06. The van der Waals surface area contributed by atoms with E-state index in [1.54, 1.807) is 24.3 Å². The van der Waals surface area contributed by atoms with Crippen LogP contribution in [-0.2, 0) is 0 Å². The van der Waals surface area contributed by atoms with E-state index >= 15 is 0 Å². The number of hydrogen-bond acceptors (Lipinski definition) is 3. The molecule has 4 N–H and O–H groups in total. The van der Waals surface area contributed by atoms with Crippen molar-refractivity contribution in [2.24, 2.45) is 5.73 Å². The highest BCUT2D eigenvalue weighted by atomic mass is 35.5. The number of amides is 1. The molecule has 98 valence electrons. The Labute approximate surface area is 119 Å². The largest absolute Gasteiger partial charge is 0.456 e. The van der Waals surface area contributed by atoms with Crippen LogP contribution in [0.1, 0.15) is 10.4 Å². The molecule has 0 atom stereocenters. The SMILES string of the molecule is NC(=O)c1cc(Oc2cccc(Cl)c2Cl)ccc1N. The molecule has 0 unspecified atom stereocenters. The summed E-state index contributed by atoms with van der Waals surface area (Å²) in [5.41, 5.74) is 11.3. The van der Waals surface area contributed by atoms with E-state index in [-0.39, 0.29) is 11.3 Å². The lowest BCUT2D eigenvalue weighted by Gasteiger charge is -2.10. The van der Waals surface area contributed by atoms with Gasteiger partial charge in [-0.05, 0) is 30.3 Å². The first-order valence-electron chi connectivity index (χ1n) is 5.30. The number of anilines is 1. The number of halogens is 2. The van der Waals surface area contributed by atoms with Crippen molar-refractivity contribution in [3.05, 3.63) is 52.0 Å². The van der Waals surface area contributed by atoms with E-state index in [0.29, 0.717) is 21.5 Å². The number of carbonyl (C=O) groups excluding carboxylic acids is 1. The van der Waals surface area contributed by atoms with Gasteiger partial charge in [-0.3, -0.25) is 4.79 Å². The highest BCUT2D eigenvalue weighted by Crippen LogP contribution is 2.35. The Hall–Kier alpha value is -1.91. The van der Waals surface area contributed by atoms with Gasteiger partial charge in [0.1, 0.15) is 16.5 Å². The molecule has 2 rings (SSSR count). The van der Waals surface area contributed by atoms with Crippen molar-refractivity contribution in [1.29, 1.82) is 0 Å². The highest BCUT2D eigenvalue weighted by Gasteiger charge is 2.10. The lowest BCUT2D eigenvalue weighted by atomic mass is 10.1. The maximum absolute atomic E-state index is 11.2. The van der Waals surface area contributed by atoms with Crippen molar-refractivity contribution in [2.75, 3.05) is 5.73 Å². The monoisotopic (exact) mass is 296 g/mol. The number of hydrogen-bond donors (Lipinski definition) is 2. The van der Waals surface area contributed by atoms with Gasteiger partial charge in [0.2, 0.25) is 0 Å². The summed E-state index contributed by atoms with van der Waals surface area (Å²) in [6.45, 7) is 0. The Bertz CT molecular complexity index is 645. The Morgan fingerprint density at radius 2 is 1.89 bits per heavy atom.